The molecule has 1 unspecified atom stereocenters. The van der Waals surface area contributed by atoms with Gasteiger partial charge in [-0.25, -0.2) is 9.18 Å². The van der Waals surface area contributed by atoms with E-state index in [0.717, 1.165) is 24.1 Å². The quantitative estimate of drug-likeness (QED) is 0.595. The minimum Gasteiger partial charge on any atom is -0.354 e. The number of urea groups is 1. The van der Waals surface area contributed by atoms with Crippen molar-refractivity contribution in [3.63, 3.8) is 0 Å². The van der Waals surface area contributed by atoms with E-state index in [4.69, 9.17) is 0 Å². The first kappa shape index (κ1) is 22.3. The zero-order valence-corrected chi connectivity index (χ0v) is 17.3. The number of halogens is 1. The number of carbonyl (C=O) groups is 3. The molecule has 2 aromatic rings. The van der Waals surface area contributed by atoms with Crippen LogP contribution in [-0.4, -0.2) is 48.9 Å². The van der Waals surface area contributed by atoms with E-state index >= 15 is 0 Å². The topological polar surface area (TPSA) is 90.5 Å². The lowest BCUT2D eigenvalue weighted by molar-refractivity contribution is -0.126. The molecule has 164 valence electrons. The van der Waals surface area contributed by atoms with Crippen LogP contribution in [0.4, 0.5) is 14.9 Å². The van der Waals surface area contributed by atoms with Crippen LogP contribution in [0.2, 0.25) is 0 Å². The molecular formula is C23H27FN4O3. The molecule has 0 saturated carbocycles. The molecule has 0 bridgehead atoms. The molecule has 2 aromatic carbocycles. The Bertz CT molecular complexity index is 889. The van der Waals surface area contributed by atoms with Crippen molar-refractivity contribution in [1.82, 2.24) is 15.5 Å². The van der Waals surface area contributed by atoms with E-state index in [1.807, 2.05) is 30.3 Å². The highest BCUT2D eigenvalue weighted by molar-refractivity contribution is 5.90. The number of hydrogen-bond acceptors (Lipinski definition) is 3. The van der Waals surface area contributed by atoms with Crippen LogP contribution in [-0.2, 0) is 16.0 Å². The lowest BCUT2D eigenvalue weighted by atomic mass is 9.97. The van der Waals surface area contributed by atoms with Crippen molar-refractivity contribution in [2.45, 2.75) is 19.3 Å². The molecule has 31 heavy (non-hydrogen) atoms. The highest BCUT2D eigenvalue weighted by Crippen LogP contribution is 2.18. The van der Waals surface area contributed by atoms with Crippen molar-refractivity contribution in [3.8, 4) is 0 Å². The van der Waals surface area contributed by atoms with E-state index in [2.05, 4.69) is 16.0 Å². The largest absolute Gasteiger partial charge is 0.354 e. The predicted molar refractivity (Wildman–Crippen MR) is 116 cm³/mol. The van der Waals surface area contributed by atoms with Gasteiger partial charge >= 0.3 is 6.03 Å². The highest BCUT2D eigenvalue weighted by atomic mass is 19.1. The normalized spacial score (nSPS) is 15.8. The molecule has 7 nitrogen and oxygen atoms in total. The predicted octanol–water partition coefficient (Wildman–Crippen LogP) is 2.54. The maximum atomic E-state index is 12.9. The Morgan fingerprint density at radius 3 is 2.42 bits per heavy atom. The lowest BCUT2D eigenvalue weighted by Gasteiger charge is -2.32. The van der Waals surface area contributed by atoms with Crippen molar-refractivity contribution in [1.29, 1.82) is 0 Å². The van der Waals surface area contributed by atoms with Crippen molar-refractivity contribution >= 4 is 23.5 Å². The lowest BCUT2D eigenvalue weighted by Crippen LogP contribution is -2.47. The summed E-state index contributed by atoms with van der Waals surface area (Å²) in [5, 5.41) is 8.41. The number of likely N-dealkylation sites (tertiary alicyclic amines) is 1. The fourth-order valence-corrected chi connectivity index (χ4v) is 3.48. The molecule has 1 fully saturated rings. The van der Waals surface area contributed by atoms with Gasteiger partial charge in [-0.1, -0.05) is 30.3 Å². The van der Waals surface area contributed by atoms with Gasteiger partial charge in [-0.15, -0.1) is 0 Å². The maximum Gasteiger partial charge on any atom is 0.321 e. The average Bonchev–Trinajstić information content (AvgIpc) is 2.79. The molecule has 1 aliphatic rings. The number of nitrogens with one attached hydrogen (secondary N) is 3. The fraction of sp³-hybridized carbons (Fsp3) is 0.348. The first-order valence-corrected chi connectivity index (χ1v) is 10.4. The number of piperidine rings is 1. The minimum atomic E-state index is -0.342. The summed E-state index contributed by atoms with van der Waals surface area (Å²) >= 11 is 0. The van der Waals surface area contributed by atoms with Crippen LogP contribution >= 0.6 is 0 Å². The van der Waals surface area contributed by atoms with Crippen molar-refractivity contribution in [2.75, 3.05) is 31.5 Å². The Morgan fingerprint density at radius 2 is 1.68 bits per heavy atom. The number of para-hydroxylation sites is 1. The second-order valence-corrected chi connectivity index (χ2v) is 7.53. The number of carbonyl (C=O) groups excluding carboxylic acids is 3. The highest BCUT2D eigenvalue weighted by Gasteiger charge is 2.28. The molecule has 4 amide bonds. The Morgan fingerprint density at radius 1 is 0.968 bits per heavy atom. The zero-order chi connectivity index (χ0) is 22.1. The second kappa shape index (κ2) is 11.1. The summed E-state index contributed by atoms with van der Waals surface area (Å²) in [6, 6.07) is 14.8. The van der Waals surface area contributed by atoms with Crippen molar-refractivity contribution in [2.24, 2.45) is 5.92 Å². The van der Waals surface area contributed by atoms with Gasteiger partial charge in [0.2, 0.25) is 11.8 Å². The van der Waals surface area contributed by atoms with Gasteiger partial charge in [-0.05, 0) is 42.7 Å². The summed E-state index contributed by atoms with van der Waals surface area (Å²) in [4.78, 5) is 38.5. The molecule has 3 N–H and O–H groups in total. The number of anilines is 1. The monoisotopic (exact) mass is 426 g/mol. The summed E-state index contributed by atoms with van der Waals surface area (Å²) in [6.45, 7) is 1.58. The van der Waals surface area contributed by atoms with E-state index in [-0.39, 0.29) is 36.0 Å². The molecule has 1 aliphatic heterocycles. The minimum absolute atomic E-state index is 0.120. The first-order valence-electron chi connectivity index (χ1n) is 10.4. The van der Waals surface area contributed by atoms with Crippen molar-refractivity contribution < 1.29 is 18.8 Å². The van der Waals surface area contributed by atoms with Crippen LogP contribution in [0.25, 0.3) is 0 Å². The van der Waals surface area contributed by atoms with Gasteiger partial charge in [0.15, 0.2) is 0 Å². The molecular weight excluding hydrogens is 399 g/mol. The summed E-state index contributed by atoms with van der Waals surface area (Å²) in [6.07, 6.45) is 1.63. The smallest absolute Gasteiger partial charge is 0.321 e. The van der Waals surface area contributed by atoms with Crippen LogP contribution in [0.15, 0.2) is 54.6 Å². The van der Waals surface area contributed by atoms with Gasteiger partial charge in [0, 0.05) is 31.9 Å². The van der Waals surface area contributed by atoms with E-state index in [1.165, 1.54) is 12.1 Å². The van der Waals surface area contributed by atoms with Gasteiger partial charge in [-0.2, -0.15) is 0 Å². The summed E-state index contributed by atoms with van der Waals surface area (Å²) < 4.78 is 12.9. The molecule has 3 rings (SSSR count). The van der Waals surface area contributed by atoms with Gasteiger partial charge in [0.1, 0.15) is 5.82 Å². The molecule has 0 aromatic heterocycles. The van der Waals surface area contributed by atoms with Gasteiger partial charge in [-0.3, -0.25) is 9.59 Å². The third-order valence-electron chi connectivity index (χ3n) is 5.13. The number of hydrogen-bond donors (Lipinski definition) is 3. The molecule has 0 spiro atoms. The van der Waals surface area contributed by atoms with Crippen LogP contribution in [0.5, 0.6) is 0 Å². The number of rotatable bonds is 7. The first-order chi connectivity index (χ1) is 15.0. The molecule has 1 saturated heterocycles. The molecule has 1 heterocycles. The van der Waals surface area contributed by atoms with Crippen LogP contribution in [0, 0.1) is 11.7 Å². The van der Waals surface area contributed by atoms with Gasteiger partial charge < -0.3 is 20.9 Å². The maximum absolute atomic E-state index is 12.9. The van der Waals surface area contributed by atoms with E-state index in [0.29, 0.717) is 26.2 Å². The standard InChI is InChI=1S/C23H27FN4O3/c24-19-10-8-17(9-11-19)15-21(29)25-12-13-26-22(30)18-5-4-14-28(16-18)23(31)27-20-6-2-1-3-7-20/h1-3,6-11,18H,4-5,12-16H2,(H,25,29)(H,26,30)(H,27,31). The summed E-state index contributed by atoms with van der Waals surface area (Å²) in [5.41, 5.74) is 1.44. The van der Waals surface area contributed by atoms with Crippen LogP contribution in [0.1, 0.15) is 18.4 Å². The summed E-state index contributed by atoms with van der Waals surface area (Å²) in [5.74, 6) is -0.928. The number of benzene rings is 2. The van der Waals surface area contributed by atoms with E-state index in [9.17, 15) is 18.8 Å². The molecule has 0 aliphatic carbocycles. The molecule has 8 heteroatoms. The second-order valence-electron chi connectivity index (χ2n) is 7.53. The van der Waals surface area contributed by atoms with E-state index in [1.54, 1.807) is 17.0 Å². The summed E-state index contributed by atoms with van der Waals surface area (Å²) in [7, 11) is 0. The van der Waals surface area contributed by atoms with Crippen LogP contribution < -0.4 is 16.0 Å². The van der Waals surface area contributed by atoms with Crippen LogP contribution in [0.3, 0.4) is 0 Å². The number of amides is 4. The zero-order valence-electron chi connectivity index (χ0n) is 17.3. The average molecular weight is 426 g/mol. The van der Waals surface area contributed by atoms with Gasteiger partial charge in [0.05, 0.1) is 12.3 Å². The van der Waals surface area contributed by atoms with Crippen molar-refractivity contribution in [3.05, 3.63) is 66.0 Å². The van der Waals surface area contributed by atoms with E-state index < -0.39 is 0 Å². The Balaban J connectivity index is 1.36. The third kappa shape index (κ3) is 7.09. The fourth-order valence-electron chi connectivity index (χ4n) is 3.48. The Kier molecular flexibility index (Phi) is 7.98. The third-order valence-corrected chi connectivity index (χ3v) is 5.13. The molecule has 0 radical (unpaired) electrons. The van der Waals surface area contributed by atoms with Gasteiger partial charge in [0.25, 0.3) is 0 Å². The Labute approximate surface area is 181 Å². The molecule has 1 atom stereocenters. The number of nitrogens with zero attached hydrogens (tertiary/aromatic N) is 1. The Hall–Kier alpha value is -3.42. The SMILES string of the molecule is O=C(Cc1ccc(F)cc1)NCCNC(=O)C1CCCN(C(=O)Nc2ccccc2)C1.